The Bertz CT molecular complexity index is 498. The van der Waals surface area contributed by atoms with Gasteiger partial charge in [0.05, 0.1) is 0 Å². The Hall–Kier alpha value is -1.38. The highest BCUT2D eigenvalue weighted by molar-refractivity contribution is 6.17. The number of rotatable bonds is 4. The van der Waals surface area contributed by atoms with E-state index in [1.165, 1.54) is 0 Å². The van der Waals surface area contributed by atoms with Crippen LogP contribution in [-0.2, 0) is 5.60 Å². The third kappa shape index (κ3) is 2.55. The Morgan fingerprint density at radius 3 is 2.39 bits per heavy atom. The van der Waals surface area contributed by atoms with Gasteiger partial charge >= 0.3 is 0 Å². The fourth-order valence-corrected chi connectivity index (χ4v) is 2.29. The number of aryl methyl sites for hydroxylation is 1. The summed E-state index contributed by atoms with van der Waals surface area (Å²) in [4.78, 5) is 4.25. The SMILES string of the molecule is Cc1ccc(C(O)(CCCl)c2ccccc2)cn1. The number of hydrogen-bond donors (Lipinski definition) is 1. The number of alkyl halides is 1. The van der Waals surface area contributed by atoms with Crippen LogP contribution in [0.2, 0.25) is 0 Å². The van der Waals surface area contributed by atoms with Crippen molar-refractivity contribution in [2.45, 2.75) is 18.9 Å². The van der Waals surface area contributed by atoms with E-state index in [-0.39, 0.29) is 0 Å². The average Bonchev–Trinajstić information content (AvgIpc) is 2.40. The predicted octanol–water partition coefficient (Wildman–Crippen LogP) is 3.25. The highest BCUT2D eigenvalue weighted by Gasteiger charge is 2.30. The molecule has 2 aromatic rings. The summed E-state index contributed by atoms with van der Waals surface area (Å²) in [5, 5.41) is 10.9. The Morgan fingerprint density at radius 2 is 1.83 bits per heavy atom. The molecule has 1 N–H and O–H groups in total. The quantitative estimate of drug-likeness (QED) is 0.857. The lowest BCUT2D eigenvalue weighted by molar-refractivity contribution is 0.0771. The van der Waals surface area contributed by atoms with Crippen molar-refractivity contribution in [2.75, 3.05) is 5.88 Å². The van der Waals surface area contributed by atoms with Gasteiger partial charge in [-0.2, -0.15) is 0 Å². The van der Waals surface area contributed by atoms with Gasteiger partial charge in [-0.15, -0.1) is 11.6 Å². The van der Waals surface area contributed by atoms with E-state index in [4.69, 9.17) is 11.6 Å². The second-order valence-corrected chi connectivity index (χ2v) is 4.73. The maximum Gasteiger partial charge on any atom is 0.117 e. The minimum absolute atomic E-state index is 0.388. The second-order valence-electron chi connectivity index (χ2n) is 4.35. The summed E-state index contributed by atoms with van der Waals surface area (Å²) in [6, 6.07) is 13.4. The van der Waals surface area contributed by atoms with E-state index in [9.17, 15) is 5.11 Å². The summed E-state index contributed by atoms with van der Waals surface area (Å²) in [6.45, 7) is 1.92. The van der Waals surface area contributed by atoms with Gasteiger partial charge in [0.1, 0.15) is 5.60 Å². The van der Waals surface area contributed by atoms with Crippen LogP contribution in [0.5, 0.6) is 0 Å². The van der Waals surface area contributed by atoms with Gasteiger partial charge in [-0.25, -0.2) is 0 Å². The van der Waals surface area contributed by atoms with Crippen molar-refractivity contribution in [2.24, 2.45) is 0 Å². The highest BCUT2D eigenvalue weighted by atomic mass is 35.5. The first kappa shape index (κ1) is 13.1. The molecule has 1 aromatic carbocycles. The van der Waals surface area contributed by atoms with Crippen LogP contribution >= 0.6 is 11.6 Å². The molecular formula is C15H16ClNO. The molecule has 0 spiro atoms. The normalized spacial score (nSPS) is 14.2. The molecule has 18 heavy (non-hydrogen) atoms. The summed E-state index contributed by atoms with van der Waals surface area (Å²) in [6.07, 6.45) is 2.18. The molecule has 0 aliphatic rings. The van der Waals surface area contributed by atoms with Crippen molar-refractivity contribution < 1.29 is 5.11 Å². The number of hydrogen-bond acceptors (Lipinski definition) is 2. The number of aromatic nitrogens is 1. The van der Waals surface area contributed by atoms with Crippen LogP contribution in [0.4, 0.5) is 0 Å². The van der Waals surface area contributed by atoms with Crippen molar-refractivity contribution in [3.63, 3.8) is 0 Å². The van der Waals surface area contributed by atoms with Gasteiger partial charge in [-0.05, 0) is 25.0 Å². The van der Waals surface area contributed by atoms with Crippen molar-refractivity contribution in [3.05, 3.63) is 65.5 Å². The van der Waals surface area contributed by atoms with Crippen LogP contribution in [0.25, 0.3) is 0 Å². The van der Waals surface area contributed by atoms with Gasteiger partial charge < -0.3 is 5.11 Å². The molecule has 2 rings (SSSR count). The summed E-state index contributed by atoms with van der Waals surface area (Å²) in [5.41, 5.74) is 1.49. The van der Waals surface area contributed by atoms with E-state index in [0.29, 0.717) is 12.3 Å². The predicted molar refractivity (Wildman–Crippen MR) is 73.8 cm³/mol. The van der Waals surface area contributed by atoms with Gasteiger partial charge in [-0.3, -0.25) is 4.98 Å². The average molecular weight is 262 g/mol. The van der Waals surface area contributed by atoms with Crippen LogP contribution in [0.3, 0.4) is 0 Å². The number of pyridine rings is 1. The van der Waals surface area contributed by atoms with E-state index >= 15 is 0 Å². The third-order valence-corrected chi connectivity index (χ3v) is 3.29. The smallest absolute Gasteiger partial charge is 0.117 e. The molecule has 0 amide bonds. The highest BCUT2D eigenvalue weighted by Crippen LogP contribution is 2.32. The fourth-order valence-electron chi connectivity index (χ4n) is 2.02. The minimum atomic E-state index is -1.07. The van der Waals surface area contributed by atoms with Crippen LogP contribution < -0.4 is 0 Å². The number of aliphatic hydroxyl groups is 1. The Labute approximate surface area is 112 Å². The van der Waals surface area contributed by atoms with Crippen LogP contribution in [0.1, 0.15) is 23.2 Å². The lowest BCUT2D eigenvalue weighted by Gasteiger charge is -2.28. The van der Waals surface area contributed by atoms with Crippen molar-refractivity contribution in [1.82, 2.24) is 4.98 Å². The van der Waals surface area contributed by atoms with Gasteiger partial charge in [0.2, 0.25) is 0 Å². The first-order chi connectivity index (χ1) is 8.66. The van der Waals surface area contributed by atoms with Gasteiger partial charge in [-0.1, -0.05) is 36.4 Å². The molecule has 0 radical (unpaired) electrons. The maximum atomic E-state index is 10.9. The van der Waals surface area contributed by atoms with E-state index in [2.05, 4.69) is 4.98 Å². The molecule has 0 saturated carbocycles. The molecule has 0 aliphatic carbocycles. The molecule has 0 saturated heterocycles. The Kier molecular flexibility index (Phi) is 4.00. The number of halogens is 1. The molecule has 1 atom stereocenters. The molecule has 3 heteroatoms. The molecule has 0 aliphatic heterocycles. The van der Waals surface area contributed by atoms with E-state index in [0.717, 1.165) is 16.8 Å². The zero-order chi connectivity index (χ0) is 13.0. The van der Waals surface area contributed by atoms with Gasteiger partial charge in [0.25, 0.3) is 0 Å². The zero-order valence-electron chi connectivity index (χ0n) is 10.3. The molecule has 2 nitrogen and oxygen atoms in total. The number of benzene rings is 1. The molecule has 1 aromatic heterocycles. The molecule has 94 valence electrons. The lowest BCUT2D eigenvalue weighted by Crippen LogP contribution is -2.28. The summed E-state index contributed by atoms with van der Waals surface area (Å²) < 4.78 is 0. The standard InChI is InChI=1S/C15H16ClNO/c1-12-7-8-14(11-17-12)15(18,9-10-16)13-5-3-2-4-6-13/h2-8,11,18H,9-10H2,1H3. The first-order valence-electron chi connectivity index (χ1n) is 5.94. The van der Waals surface area contributed by atoms with Crippen LogP contribution in [0.15, 0.2) is 48.7 Å². The zero-order valence-corrected chi connectivity index (χ0v) is 11.1. The van der Waals surface area contributed by atoms with Crippen molar-refractivity contribution >= 4 is 11.6 Å². The largest absolute Gasteiger partial charge is 0.380 e. The topological polar surface area (TPSA) is 33.1 Å². The monoisotopic (exact) mass is 261 g/mol. The van der Waals surface area contributed by atoms with Crippen LogP contribution in [0, 0.1) is 6.92 Å². The molecular weight excluding hydrogens is 246 g/mol. The van der Waals surface area contributed by atoms with Gasteiger partial charge in [0.15, 0.2) is 0 Å². The Balaban J connectivity index is 2.47. The number of nitrogens with zero attached hydrogens (tertiary/aromatic N) is 1. The fraction of sp³-hybridized carbons (Fsp3) is 0.267. The maximum absolute atomic E-state index is 10.9. The third-order valence-electron chi connectivity index (χ3n) is 3.10. The summed E-state index contributed by atoms with van der Waals surface area (Å²) in [5.74, 6) is 0.388. The Morgan fingerprint density at radius 1 is 1.11 bits per heavy atom. The molecule has 1 unspecified atom stereocenters. The second kappa shape index (κ2) is 5.51. The molecule has 0 fully saturated rings. The van der Waals surface area contributed by atoms with Crippen LogP contribution in [-0.4, -0.2) is 16.0 Å². The molecule has 1 heterocycles. The molecule has 0 bridgehead atoms. The van der Waals surface area contributed by atoms with Gasteiger partial charge in [0, 0.05) is 23.3 Å². The van der Waals surface area contributed by atoms with E-state index in [1.807, 2.05) is 49.4 Å². The van der Waals surface area contributed by atoms with Crippen molar-refractivity contribution in [1.29, 1.82) is 0 Å². The minimum Gasteiger partial charge on any atom is -0.380 e. The first-order valence-corrected chi connectivity index (χ1v) is 6.47. The lowest BCUT2D eigenvalue weighted by atomic mass is 9.85. The summed E-state index contributed by atoms with van der Waals surface area (Å²) in [7, 11) is 0. The summed E-state index contributed by atoms with van der Waals surface area (Å²) >= 11 is 5.84. The van der Waals surface area contributed by atoms with E-state index in [1.54, 1.807) is 6.20 Å². The van der Waals surface area contributed by atoms with E-state index < -0.39 is 5.60 Å². The van der Waals surface area contributed by atoms with Crippen molar-refractivity contribution in [3.8, 4) is 0 Å².